The normalized spacial score (nSPS) is 42.6. The number of ether oxygens (including phenoxy) is 11. The van der Waals surface area contributed by atoms with E-state index in [0.29, 0.717) is 6.08 Å². The highest BCUT2D eigenvalue weighted by molar-refractivity contribution is 7.81. The highest BCUT2D eigenvalue weighted by atomic mass is 32.3. The van der Waals surface area contributed by atoms with Gasteiger partial charge in [-0.05, 0) is 26.8 Å². The van der Waals surface area contributed by atoms with Gasteiger partial charge in [0.2, 0.25) is 12.0 Å². The second-order valence-corrected chi connectivity index (χ2v) is 24.9. The van der Waals surface area contributed by atoms with E-state index in [4.69, 9.17) is 52.1 Å². The van der Waals surface area contributed by atoms with Crippen LogP contribution in [0.1, 0.15) is 20.8 Å². The standard InChI is InChI=1S/C42H68O41S4/c1-12-15(16(26(47)23(75-12)11-74-84(57,58)59)7-71-41-31(52)33(82-86(63,64)65)24(45)13(2)76-41)6-70-39-28(49)19(27(48)34(80-39)37(55)56)10-69-38-18(9-72-40-29(50)20(44)4-21(78-40)36(53)54)17(25(46)22(5-43)79-38)8-73-42-35(83-87(66,67)68)30(51)32(14(3)77-42)81-85(60,61)62/h4,12-20,22-35,38-52H,5-11H2,1-3H3,(H,53,54)(H,55,56)(H,57,58,59)(H,60,61,62)(H,63,64,65)(H,66,67,68)/t12?,13?,14?,15?,16?,17?,18?,19?,20?,22?,23?,24-,25+,26+,27+,28?,29?,30?,31?,32-,33?,34?,35?,38+,39-,40-,41-,42-/m1/s1. The molecule has 6 rings (SSSR count). The van der Waals surface area contributed by atoms with Crippen molar-refractivity contribution in [3.63, 3.8) is 0 Å². The van der Waals surface area contributed by atoms with Crippen LogP contribution in [0.5, 0.6) is 0 Å². The summed E-state index contributed by atoms with van der Waals surface area (Å²) in [6.07, 6.45) is -45.2. The SMILES string of the molecule is CC1OC(COS(=O)(=O)O)[C@@H](O)C(CO[C@@H]2OC(C)[C@@H](O)C(OS(=O)(=O)O)C2O)C1CO[C@@H]1OC(C(=O)O)[C@@H](O)C(CO[C@H]2OC(CO)[C@@H](O)C(CO[C@@H]3OC(C)[C@@H](OS(=O)(=O)O)C(O)C3OS(=O)(=O)O)C2CO[C@@H]2OC(C(=O)O)=CC(O)C2O)C1O. The lowest BCUT2D eigenvalue weighted by Crippen LogP contribution is -2.62. The summed E-state index contributed by atoms with van der Waals surface area (Å²) in [5.74, 6) is -12.4. The van der Waals surface area contributed by atoms with E-state index in [9.17, 15) is 123 Å². The summed E-state index contributed by atoms with van der Waals surface area (Å²) >= 11 is 0. The van der Waals surface area contributed by atoms with Crippen LogP contribution < -0.4 is 0 Å². The van der Waals surface area contributed by atoms with Crippen LogP contribution in [0.4, 0.5) is 0 Å². The van der Waals surface area contributed by atoms with Crippen LogP contribution in [-0.4, -0.2) is 313 Å². The quantitative estimate of drug-likeness (QED) is 0.0340. The van der Waals surface area contributed by atoms with Crippen LogP contribution in [0.3, 0.4) is 0 Å². The second kappa shape index (κ2) is 29.8. The maximum Gasteiger partial charge on any atom is 0.397 e. The molecule has 6 heterocycles. The first-order chi connectivity index (χ1) is 40.2. The molecule has 0 aromatic heterocycles. The summed E-state index contributed by atoms with van der Waals surface area (Å²) in [4.78, 5) is 24.5. The van der Waals surface area contributed by atoms with Crippen molar-refractivity contribution in [3.05, 3.63) is 11.8 Å². The van der Waals surface area contributed by atoms with Crippen molar-refractivity contribution >= 4 is 53.5 Å². The number of hydrogen-bond acceptors (Lipinski definition) is 35. The third kappa shape index (κ3) is 19.1. The van der Waals surface area contributed by atoms with E-state index in [2.05, 4.69) is 16.7 Å². The molecule has 0 bridgehead atoms. The van der Waals surface area contributed by atoms with Crippen LogP contribution in [-0.2, 0) is 120 Å². The first-order valence-corrected chi connectivity index (χ1v) is 31.2. The molecule has 6 aliphatic heterocycles. The molecule has 87 heavy (non-hydrogen) atoms. The first-order valence-electron chi connectivity index (χ1n) is 25.7. The van der Waals surface area contributed by atoms with Crippen LogP contribution in [0.2, 0.25) is 0 Å². The molecule has 0 saturated carbocycles. The fraction of sp³-hybridized carbons (Fsp3) is 0.905. The highest BCUT2D eigenvalue weighted by Crippen LogP contribution is 2.39. The molecule has 5 saturated heterocycles. The van der Waals surface area contributed by atoms with Gasteiger partial charge < -0.3 is 113 Å². The van der Waals surface area contributed by atoms with E-state index in [1.807, 2.05) is 0 Å². The molecule has 5 fully saturated rings. The van der Waals surface area contributed by atoms with Gasteiger partial charge in [-0.25, -0.2) is 26.3 Å². The molecule has 45 heteroatoms. The minimum atomic E-state index is -5.60. The lowest BCUT2D eigenvalue weighted by atomic mass is 9.80. The average molecular weight is 1360 g/mol. The smallest absolute Gasteiger partial charge is 0.397 e. The molecule has 16 N–H and O–H groups in total. The zero-order valence-electron chi connectivity index (χ0n) is 45.2. The highest BCUT2D eigenvalue weighted by Gasteiger charge is 2.55. The largest absolute Gasteiger partial charge is 0.479 e. The van der Waals surface area contributed by atoms with Gasteiger partial charge in [-0.3, -0.25) is 18.2 Å². The minimum absolute atomic E-state index is 0.608. The van der Waals surface area contributed by atoms with Crippen molar-refractivity contribution in [2.24, 2.45) is 29.6 Å². The van der Waals surface area contributed by atoms with Gasteiger partial charge in [0.05, 0.1) is 82.9 Å². The van der Waals surface area contributed by atoms with Gasteiger partial charge in [0.15, 0.2) is 37.4 Å². The summed E-state index contributed by atoms with van der Waals surface area (Å²) < 4.78 is 211. The molecule has 0 aromatic rings. The Hall–Kier alpha value is -2.84. The van der Waals surface area contributed by atoms with E-state index < -0.39 is 276 Å². The molecule has 506 valence electrons. The Morgan fingerprint density at radius 1 is 0.437 bits per heavy atom. The number of carboxylic acids is 2. The monoisotopic (exact) mass is 1360 g/mol. The maximum absolute atomic E-state index is 12.6. The molecular weight excluding hydrogens is 1290 g/mol. The number of carboxylic acid groups (broad SMARTS) is 2. The van der Waals surface area contributed by atoms with E-state index in [1.54, 1.807) is 0 Å². The van der Waals surface area contributed by atoms with E-state index in [-0.39, 0.29) is 0 Å². The molecule has 28 atom stereocenters. The fourth-order valence-corrected chi connectivity index (χ4v) is 12.2. The topological polar surface area (TPSA) is 633 Å². The van der Waals surface area contributed by atoms with Crippen molar-refractivity contribution in [2.45, 2.75) is 162 Å². The van der Waals surface area contributed by atoms with Crippen molar-refractivity contribution in [2.75, 3.05) is 46.2 Å². The summed E-state index contributed by atoms with van der Waals surface area (Å²) in [7, 11) is -21.5. The van der Waals surface area contributed by atoms with Gasteiger partial charge in [-0.1, -0.05) is 0 Å². The molecule has 0 spiro atoms. The molecule has 6 aliphatic rings. The van der Waals surface area contributed by atoms with Crippen molar-refractivity contribution in [1.29, 1.82) is 0 Å². The molecule has 0 aromatic carbocycles. The second-order valence-electron chi connectivity index (χ2n) is 20.7. The van der Waals surface area contributed by atoms with Gasteiger partial charge in [-0.2, -0.15) is 33.7 Å². The summed E-state index contributed by atoms with van der Waals surface area (Å²) in [5.41, 5.74) is 0. The van der Waals surface area contributed by atoms with E-state index >= 15 is 0 Å². The summed E-state index contributed by atoms with van der Waals surface area (Å²) in [6, 6.07) is 0. The zero-order valence-corrected chi connectivity index (χ0v) is 48.5. The molecule has 0 amide bonds. The Morgan fingerprint density at radius 2 is 0.920 bits per heavy atom. The summed E-state index contributed by atoms with van der Waals surface area (Å²) in [5, 5.41) is 130. The van der Waals surface area contributed by atoms with E-state index in [0.717, 1.165) is 6.92 Å². The fourth-order valence-electron chi connectivity index (χ4n) is 10.4. The van der Waals surface area contributed by atoms with Crippen LogP contribution in [0.25, 0.3) is 0 Å². The van der Waals surface area contributed by atoms with Crippen molar-refractivity contribution in [1.82, 2.24) is 0 Å². The molecule has 0 radical (unpaired) electrons. The first kappa shape index (κ1) is 73.2. The predicted molar refractivity (Wildman–Crippen MR) is 264 cm³/mol. The lowest BCUT2D eigenvalue weighted by Gasteiger charge is -2.47. The van der Waals surface area contributed by atoms with Crippen LogP contribution in [0, 0.1) is 29.6 Å². The number of aliphatic carboxylic acids is 2. The Morgan fingerprint density at radius 3 is 1.48 bits per heavy atom. The maximum atomic E-state index is 12.6. The molecular formula is C42H68O41S4. The van der Waals surface area contributed by atoms with Crippen LogP contribution >= 0.6 is 0 Å². The molecule has 41 nitrogen and oxygen atoms in total. The van der Waals surface area contributed by atoms with Crippen molar-refractivity contribution < 1.29 is 192 Å². The third-order valence-electron chi connectivity index (χ3n) is 14.8. The van der Waals surface area contributed by atoms with Gasteiger partial charge in [-0.15, -0.1) is 0 Å². The number of carbonyl (C=O) groups is 2. The van der Waals surface area contributed by atoms with Crippen LogP contribution in [0.15, 0.2) is 11.8 Å². The summed E-state index contributed by atoms with van der Waals surface area (Å²) in [6.45, 7) is -3.17. The average Bonchev–Trinajstić information content (AvgIpc) is 1.10. The van der Waals surface area contributed by atoms with Gasteiger partial charge in [0, 0.05) is 29.6 Å². The van der Waals surface area contributed by atoms with Gasteiger partial charge >= 0.3 is 53.5 Å². The zero-order chi connectivity index (χ0) is 65.2. The number of rotatable bonds is 27. The molecule has 0 aliphatic carbocycles. The Balaban J connectivity index is 1.27. The van der Waals surface area contributed by atoms with E-state index in [1.165, 1.54) is 13.8 Å². The van der Waals surface area contributed by atoms with Gasteiger partial charge in [0.25, 0.3) is 0 Å². The predicted octanol–water partition coefficient (Wildman–Crippen LogP) is -9.09. The Bertz CT molecular complexity index is 2790. The van der Waals surface area contributed by atoms with Gasteiger partial charge in [0.1, 0.15) is 61.0 Å². The number of aliphatic hydroxyl groups excluding tert-OH is 10. The lowest BCUT2D eigenvalue weighted by molar-refractivity contribution is -0.328. The Labute approximate surface area is 493 Å². The minimum Gasteiger partial charge on any atom is -0.479 e. The number of hydrogen-bond donors (Lipinski definition) is 16. The molecule has 18 unspecified atom stereocenters. The number of aliphatic hydroxyl groups is 10. The Kier molecular flexibility index (Phi) is 25.1. The van der Waals surface area contributed by atoms with Crippen molar-refractivity contribution in [3.8, 4) is 0 Å². The third-order valence-corrected chi connectivity index (χ3v) is 16.7.